The smallest absolute Gasteiger partial charge is 0.243 e. The maximum Gasteiger partial charge on any atom is 0.243 e. The van der Waals surface area contributed by atoms with Crippen LogP contribution in [0.5, 0.6) is 5.75 Å². The van der Waals surface area contributed by atoms with E-state index in [0.717, 1.165) is 29.0 Å². The summed E-state index contributed by atoms with van der Waals surface area (Å²) in [6, 6.07) is 16.8. The van der Waals surface area contributed by atoms with Crippen molar-refractivity contribution in [3.8, 4) is 5.75 Å². The first-order valence-electron chi connectivity index (χ1n) is 10.7. The van der Waals surface area contributed by atoms with Gasteiger partial charge in [-0.3, -0.25) is 10.1 Å². The first kappa shape index (κ1) is 21.9. The van der Waals surface area contributed by atoms with Gasteiger partial charge < -0.3 is 9.64 Å². The predicted octanol–water partition coefficient (Wildman–Crippen LogP) is 5.90. The highest BCUT2D eigenvalue weighted by atomic mass is 16.6. The third kappa shape index (κ3) is 4.50. The minimum atomic E-state index is -0.723. The minimum absolute atomic E-state index is 0.0589. The molecule has 1 aliphatic heterocycles. The summed E-state index contributed by atoms with van der Waals surface area (Å²) in [5.41, 5.74) is 3.07. The number of ether oxygens (including phenoxy) is 1. The third-order valence-electron chi connectivity index (χ3n) is 5.89. The summed E-state index contributed by atoms with van der Waals surface area (Å²) in [4.78, 5) is 14.6. The number of hydrogen-bond acceptors (Lipinski definition) is 4. The van der Waals surface area contributed by atoms with Gasteiger partial charge in [0, 0.05) is 16.8 Å². The molecule has 0 N–H and O–H groups in total. The lowest BCUT2D eigenvalue weighted by molar-refractivity contribution is -0.529. The van der Waals surface area contributed by atoms with Gasteiger partial charge in [-0.25, -0.2) is 0 Å². The molecule has 2 aromatic carbocycles. The van der Waals surface area contributed by atoms with Crippen molar-refractivity contribution in [1.82, 2.24) is 0 Å². The monoisotopic (exact) mass is 408 g/mol. The normalized spacial score (nSPS) is 21.6. The van der Waals surface area contributed by atoms with E-state index >= 15 is 0 Å². The van der Waals surface area contributed by atoms with E-state index in [0.29, 0.717) is 5.92 Å². The van der Waals surface area contributed by atoms with Gasteiger partial charge in [-0.15, -0.1) is 0 Å². The van der Waals surface area contributed by atoms with Crippen molar-refractivity contribution >= 4 is 5.69 Å². The quantitative estimate of drug-likeness (QED) is 0.423. The Bertz CT molecular complexity index is 875. The van der Waals surface area contributed by atoms with Crippen molar-refractivity contribution in [3.63, 3.8) is 0 Å². The molecule has 1 heterocycles. The van der Waals surface area contributed by atoms with Crippen LogP contribution in [-0.4, -0.2) is 24.1 Å². The highest BCUT2D eigenvalue weighted by molar-refractivity contribution is 5.56. The van der Waals surface area contributed by atoms with Gasteiger partial charge in [-0.2, -0.15) is 0 Å². The summed E-state index contributed by atoms with van der Waals surface area (Å²) < 4.78 is 5.30. The average Bonchev–Trinajstić information content (AvgIpc) is 2.73. The lowest BCUT2D eigenvalue weighted by atomic mass is 9.73. The Morgan fingerprint density at radius 1 is 1.03 bits per heavy atom. The molecule has 30 heavy (non-hydrogen) atoms. The number of benzene rings is 2. The van der Waals surface area contributed by atoms with E-state index in [1.807, 2.05) is 54.6 Å². The molecule has 0 saturated heterocycles. The number of hydrogen-bond donors (Lipinski definition) is 0. The zero-order valence-corrected chi connectivity index (χ0v) is 18.5. The largest absolute Gasteiger partial charge is 0.497 e. The Hall–Kier alpha value is -2.82. The first-order valence-corrected chi connectivity index (χ1v) is 10.7. The van der Waals surface area contributed by atoms with Crippen LogP contribution in [0.3, 0.4) is 0 Å². The molecule has 0 bridgehead atoms. The number of rotatable bonds is 7. The Morgan fingerprint density at radius 2 is 1.67 bits per heavy atom. The van der Waals surface area contributed by atoms with Crippen LogP contribution in [0.15, 0.2) is 66.4 Å². The Balaban J connectivity index is 2.19. The summed E-state index contributed by atoms with van der Waals surface area (Å²) >= 11 is 0. The van der Waals surface area contributed by atoms with Crippen LogP contribution in [0.25, 0.3) is 0 Å². The molecule has 0 aromatic heterocycles. The minimum Gasteiger partial charge on any atom is -0.497 e. The van der Waals surface area contributed by atoms with Crippen molar-refractivity contribution in [1.29, 1.82) is 0 Å². The highest BCUT2D eigenvalue weighted by Crippen LogP contribution is 2.43. The molecule has 0 radical (unpaired) electrons. The van der Waals surface area contributed by atoms with Crippen LogP contribution in [-0.2, 0) is 0 Å². The molecule has 1 aliphatic rings. The summed E-state index contributed by atoms with van der Waals surface area (Å²) in [6.07, 6.45) is 2.90. The number of nitro groups is 1. The van der Waals surface area contributed by atoms with Crippen molar-refractivity contribution in [2.75, 3.05) is 12.0 Å². The number of nitrogens with zero attached hydrogens (tertiary/aromatic N) is 2. The van der Waals surface area contributed by atoms with Crippen molar-refractivity contribution in [3.05, 3.63) is 82.0 Å². The van der Waals surface area contributed by atoms with Crippen LogP contribution < -0.4 is 9.64 Å². The van der Waals surface area contributed by atoms with Crippen molar-refractivity contribution in [2.45, 2.75) is 52.1 Å². The van der Waals surface area contributed by atoms with Gasteiger partial charge >= 0.3 is 0 Å². The van der Waals surface area contributed by atoms with Crippen LogP contribution in [0, 0.1) is 22.0 Å². The van der Waals surface area contributed by atoms with E-state index in [4.69, 9.17) is 4.74 Å². The van der Waals surface area contributed by atoms with Crippen LogP contribution in [0.2, 0.25) is 0 Å². The van der Waals surface area contributed by atoms with Crippen LogP contribution in [0.4, 0.5) is 5.69 Å². The van der Waals surface area contributed by atoms with Gasteiger partial charge in [-0.05, 0) is 53.7 Å². The SMILES string of the molecule is COc1ccc(N2C=C(C(C)C)[C@H](c3ccccc3)[C@H]([N+](=O)[O-])[C@H]2CC(C)C)cc1. The zero-order chi connectivity index (χ0) is 21.8. The molecule has 160 valence electrons. The maximum atomic E-state index is 12.5. The molecule has 3 rings (SSSR count). The molecular formula is C25H32N2O3. The number of anilines is 1. The Labute approximate surface area is 179 Å². The standard InChI is InChI=1S/C25H32N2O3/c1-17(2)15-23-25(27(28)29)24(19-9-7-6-8-10-19)22(18(3)4)16-26(23)20-11-13-21(30-5)14-12-20/h6-14,16-18,23-25H,15H2,1-5H3/t23-,24+,25-/m1/s1. The molecule has 0 amide bonds. The zero-order valence-electron chi connectivity index (χ0n) is 18.5. The summed E-state index contributed by atoms with van der Waals surface area (Å²) in [5, 5.41) is 12.5. The van der Waals surface area contributed by atoms with E-state index in [-0.39, 0.29) is 22.8 Å². The molecule has 2 aromatic rings. The topological polar surface area (TPSA) is 55.6 Å². The van der Waals surface area contributed by atoms with Gasteiger partial charge in [0.25, 0.3) is 0 Å². The Kier molecular flexibility index (Phi) is 6.80. The fourth-order valence-corrected chi connectivity index (χ4v) is 4.50. The van der Waals surface area contributed by atoms with Gasteiger partial charge in [0.2, 0.25) is 6.04 Å². The average molecular weight is 409 g/mol. The molecule has 3 atom stereocenters. The molecule has 5 heteroatoms. The molecule has 0 fully saturated rings. The second-order valence-electron chi connectivity index (χ2n) is 8.75. The van der Waals surface area contributed by atoms with E-state index in [1.165, 1.54) is 0 Å². The molecule has 0 unspecified atom stereocenters. The molecular weight excluding hydrogens is 376 g/mol. The van der Waals surface area contributed by atoms with Crippen molar-refractivity contribution in [2.24, 2.45) is 11.8 Å². The molecule has 0 saturated carbocycles. The Morgan fingerprint density at radius 3 is 2.17 bits per heavy atom. The molecule has 0 spiro atoms. The summed E-state index contributed by atoms with van der Waals surface area (Å²) in [7, 11) is 1.64. The fraction of sp³-hybridized carbons (Fsp3) is 0.440. The lowest BCUT2D eigenvalue weighted by Crippen LogP contribution is -2.53. The van der Waals surface area contributed by atoms with Crippen LogP contribution in [0.1, 0.15) is 45.6 Å². The third-order valence-corrected chi connectivity index (χ3v) is 5.89. The van der Waals surface area contributed by atoms with E-state index in [9.17, 15) is 10.1 Å². The van der Waals surface area contributed by atoms with E-state index < -0.39 is 6.04 Å². The van der Waals surface area contributed by atoms with Crippen LogP contribution >= 0.6 is 0 Å². The predicted molar refractivity (Wildman–Crippen MR) is 122 cm³/mol. The van der Waals surface area contributed by atoms with Gasteiger partial charge in [0.15, 0.2) is 0 Å². The summed E-state index contributed by atoms with van der Waals surface area (Å²) in [6.45, 7) is 8.49. The van der Waals surface area contributed by atoms with Crippen molar-refractivity contribution < 1.29 is 9.66 Å². The second-order valence-corrected chi connectivity index (χ2v) is 8.75. The fourth-order valence-electron chi connectivity index (χ4n) is 4.50. The molecule has 5 nitrogen and oxygen atoms in total. The number of methoxy groups -OCH3 is 1. The molecule has 0 aliphatic carbocycles. The highest BCUT2D eigenvalue weighted by Gasteiger charge is 2.48. The van der Waals surface area contributed by atoms with Gasteiger partial charge in [0.1, 0.15) is 11.8 Å². The van der Waals surface area contributed by atoms with Gasteiger partial charge in [-0.1, -0.05) is 58.0 Å². The van der Waals surface area contributed by atoms with Gasteiger partial charge in [0.05, 0.1) is 13.0 Å². The van der Waals surface area contributed by atoms with E-state index in [2.05, 4.69) is 38.8 Å². The van der Waals surface area contributed by atoms with E-state index in [1.54, 1.807) is 7.11 Å². The maximum absolute atomic E-state index is 12.5. The first-order chi connectivity index (χ1) is 14.3. The second kappa shape index (κ2) is 9.33. The summed E-state index contributed by atoms with van der Waals surface area (Å²) in [5.74, 6) is 1.07. The lowest BCUT2D eigenvalue weighted by Gasteiger charge is -2.43.